The normalized spacial score (nSPS) is 22.7. The second-order valence-electron chi connectivity index (χ2n) is 8.37. The number of amides is 1. The fraction of sp³-hybridized carbons (Fsp3) is 0.571. The van der Waals surface area contributed by atoms with E-state index in [1.165, 1.54) is 12.1 Å². The third-order valence-corrected chi connectivity index (χ3v) is 5.96. The lowest BCUT2D eigenvalue weighted by molar-refractivity contribution is -0.274. The van der Waals surface area contributed by atoms with Crippen molar-refractivity contribution in [2.24, 2.45) is 5.92 Å². The molecule has 1 aromatic carbocycles. The number of halogens is 3. The molecule has 1 saturated carbocycles. The monoisotopic (exact) mass is 437 g/mol. The van der Waals surface area contributed by atoms with Crippen LogP contribution in [0.3, 0.4) is 0 Å². The van der Waals surface area contributed by atoms with E-state index in [4.69, 9.17) is 0 Å². The lowest BCUT2D eigenvalue weighted by atomic mass is 10.0. The molecule has 1 aromatic heterocycles. The summed E-state index contributed by atoms with van der Waals surface area (Å²) in [4.78, 5) is 19.3. The maximum atomic E-state index is 12.7. The zero-order chi connectivity index (χ0) is 22.0. The highest BCUT2D eigenvalue weighted by Crippen LogP contribution is 2.30. The molecule has 2 fully saturated rings. The van der Waals surface area contributed by atoms with Crippen molar-refractivity contribution in [2.75, 3.05) is 13.1 Å². The predicted molar refractivity (Wildman–Crippen MR) is 106 cm³/mol. The Morgan fingerprint density at radius 2 is 1.94 bits per heavy atom. The molecule has 1 aliphatic heterocycles. The van der Waals surface area contributed by atoms with Crippen LogP contribution in [0.4, 0.5) is 13.2 Å². The molecule has 7 nitrogen and oxygen atoms in total. The molecule has 2 aliphatic rings. The minimum absolute atomic E-state index is 0.0526. The number of benzene rings is 1. The van der Waals surface area contributed by atoms with Crippen molar-refractivity contribution < 1.29 is 22.7 Å². The van der Waals surface area contributed by atoms with Gasteiger partial charge < -0.3 is 10.1 Å². The van der Waals surface area contributed by atoms with Crippen molar-refractivity contribution >= 4 is 5.91 Å². The number of ether oxygens (including phenoxy) is 1. The Hall–Kier alpha value is -2.62. The summed E-state index contributed by atoms with van der Waals surface area (Å²) >= 11 is 0. The molecular weight excluding hydrogens is 411 g/mol. The van der Waals surface area contributed by atoms with Crippen molar-refractivity contribution in [3.63, 3.8) is 0 Å². The molecule has 0 unspecified atom stereocenters. The number of nitrogens with zero attached hydrogens (tertiary/aromatic N) is 3. The van der Waals surface area contributed by atoms with E-state index in [-0.39, 0.29) is 29.5 Å². The van der Waals surface area contributed by atoms with Gasteiger partial charge in [-0.05, 0) is 37.5 Å². The predicted octanol–water partition coefficient (Wildman–Crippen LogP) is 3.29. The Balaban J connectivity index is 1.43. The number of likely N-dealkylation sites (tertiary alicyclic amines) is 1. The molecule has 1 amide bonds. The number of nitrogens with one attached hydrogen (secondary N) is 2. The third kappa shape index (κ3) is 5.55. The van der Waals surface area contributed by atoms with Crippen LogP contribution < -0.4 is 10.1 Å². The summed E-state index contributed by atoms with van der Waals surface area (Å²) in [5.74, 6) is 1.26. The number of H-pyrrole nitrogens is 1. The van der Waals surface area contributed by atoms with Crippen LogP contribution in [0.1, 0.15) is 48.8 Å². The van der Waals surface area contributed by atoms with Crippen molar-refractivity contribution in [1.82, 2.24) is 25.4 Å². The molecule has 2 heterocycles. The summed E-state index contributed by atoms with van der Waals surface area (Å²) in [7, 11) is 0. The van der Waals surface area contributed by atoms with Gasteiger partial charge >= 0.3 is 6.36 Å². The van der Waals surface area contributed by atoms with Crippen molar-refractivity contribution in [1.29, 1.82) is 0 Å². The molecule has 0 radical (unpaired) electrons. The van der Waals surface area contributed by atoms with Gasteiger partial charge in [-0.1, -0.05) is 25.0 Å². The maximum Gasteiger partial charge on any atom is 0.573 e. The average molecular weight is 437 g/mol. The van der Waals surface area contributed by atoms with Gasteiger partial charge in [0.15, 0.2) is 5.82 Å². The van der Waals surface area contributed by atoms with E-state index >= 15 is 0 Å². The Labute approximate surface area is 178 Å². The lowest BCUT2D eigenvalue weighted by Crippen LogP contribution is -2.42. The number of alkyl halides is 3. The van der Waals surface area contributed by atoms with E-state index in [2.05, 4.69) is 30.1 Å². The highest BCUT2D eigenvalue weighted by atomic mass is 19.4. The molecule has 2 N–H and O–H groups in total. The Kier molecular flexibility index (Phi) is 6.17. The van der Waals surface area contributed by atoms with Gasteiger partial charge in [-0.2, -0.15) is 5.10 Å². The molecule has 2 aromatic rings. The first-order valence-electron chi connectivity index (χ1n) is 10.5. The van der Waals surface area contributed by atoms with E-state index < -0.39 is 6.36 Å². The molecule has 10 heteroatoms. The number of hydrogen-bond donors (Lipinski definition) is 2. The van der Waals surface area contributed by atoms with Crippen LogP contribution in [-0.2, 0) is 11.3 Å². The quantitative estimate of drug-likeness (QED) is 0.725. The van der Waals surface area contributed by atoms with Gasteiger partial charge in [-0.25, -0.2) is 4.98 Å². The van der Waals surface area contributed by atoms with Crippen molar-refractivity contribution in [3.8, 4) is 5.75 Å². The first-order chi connectivity index (χ1) is 14.8. The number of carbonyl (C=O) groups is 1. The summed E-state index contributed by atoms with van der Waals surface area (Å²) in [6.07, 6.45) is -0.667. The van der Waals surface area contributed by atoms with E-state index in [1.54, 1.807) is 12.1 Å². The van der Waals surface area contributed by atoms with Gasteiger partial charge in [0.25, 0.3) is 0 Å². The molecule has 1 aliphatic carbocycles. The number of aromatic nitrogens is 3. The molecule has 31 heavy (non-hydrogen) atoms. The average Bonchev–Trinajstić information content (AvgIpc) is 3.43. The van der Waals surface area contributed by atoms with Crippen LogP contribution in [0.2, 0.25) is 0 Å². The second-order valence-corrected chi connectivity index (χ2v) is 8.37. The summed E-state index contributed by atoms with van der Waals surface area (Å²) in [5, 5.41) is 10.4. The molecular formula is C21H26F3N5O2. The number of carbonyl (C=O) groups excluding carboxylic acids is 1. The second kappa shape index (κ2) is 8.86. The number of hydrogen-bond acceptors (Lipinski definition) is 5. The maximum absolute atomic E-state index is 12.7. The van der Waals surface area contributed by atoms with Gasteiger partial charge in [0.2, 0.25) is 5.91 Å². The van der Waals surface area contributed by atoms with Crippen LogP contribution in [-0.4, -0.2) is 51.5 Å². The summed E-state index contributed by atoms with van der Waals surface area (Å²) < 4.78 is 41.0. The Morgan fingerprint density at radius 3 is 2.55 bits per heavy atom. The minimum atomic E-state index is -4.71. The van der Waals surface area contributed by atoms with Gasteiger partial charge in [-0.3, -0.25) is 14.8 Å². The number of aryl methyl sites for hydroxylation is 1. The third-order valence-electron chi connectivity index (χ3n) is 5.96. The number of aromatic amines is 1. The van der Waals surface area contributed by atoms with Crippen LogP contribution >= 0.6 is 0 Å². The standard InChI is InChI=1S/C21H26F3N5O2/c1-13-25-19(28-27-13)17-11-29(12-18(17)26-20(30)15-4-2-3-5-15)10-14-6-8-16(9-7-14)31-21(22,23)24/h6-9,15,17-18H,2-5,10-12H2,1H3,(H,26,30)(H,25,27,28)/t17-,18-/m1/s1. The largest absolute Gasteiger partial charge is 0.573 e. The Bertz CT molecular complexity index is 893. The van der Waals surface area contributed by atoms with E-state index in [9.17, 15) is 18.0 Å². The highest BCUT2D eigenvalue weighted by Gasteiger charge is 2.38. The Morgan fingerprint density at radius 1 is 1.23 bits per heavy atom. The van der Waals surface area contributed by atoms with Crippen molar-refractivity contribution in [2.45, 2.75) is 57.5 Å². The first kappa shape index (κ1) is 21.6. The summed E-state index contributed by atoms with van der Waals surface area (Å²) in [5.41, 5.74) is 0.863. The number of rotatable bonds is 6. The first-order valence-corrected chi connectivity index (χ1v) is 10.5. The molecule has 0 bridgehead atoms. The van der Waals surface area contributed by atoms with Crippen LogP contribution in [0.25, 0.3) is 0 Å². The summed E-state index contributed by atoms with van der Waals surface area (Å²) in [6, 6.07) is 5.76. The SMILES string of the molecule is Cc1nc([C@@H]2CN(Cc3ccc(OC(F)(F)F)cc3)C[C@H]2NC(=O)C2CCCC2)n[nH]1. The van der Waals surface area contributed by atoms with Gasteiger partial charge in [0.05, 0.1) is 12.0 Å². The molecule has 1 saturated heterocycles. The van der Waals surface area contributed by atoms with Crippen LogP contribution in [0, 0.1) is 12.8 Å². The zero-order valence-corrected chi connectivity index (χ0v) is 17.3. The molecule has 4 rings (SSSR count). The van der Waals surface area contributed by atoms with Gasteiger partial charge in [-0.15, -0.1) is 13.2 Å². The van der Waals surface area contributed by atoms with Crippen molar-refractivity contribution in [3.05, 3.63) is 41.5 Å². The van der Waals surface area contributed by atoms with E-state index in [1.807, 2.05) is 6.92 Å². The molecule has 0 spiro atoms. The molecule has 168 valence electrons. The fourth-order valence-corrected chi connectivity index (χ4v) is 4.49. The van der Waals surface area contributed by atoms with E-state index in [0.717, 1.165) is 37.1 Å². The minimum Gasteiger partial charge on any atom is -0.406 e. The zero-order valence-electron chi connectivity index (χ0n) is 17.3. The van der Waals surface area contributed by atoms with Gasteiger partial charge in [0.1, 0.15) is 11.6 Å². The van der Waals surface area contributed by atoms with Crippen LogP contribution in [0.15, 0.2) is 24.3 Å². The molecule has 2 atom stereocenters. The topological polar surface area (TPSA) is 83.1 Å². The smallest absolute Gasteiger partial charge is 0.406 e. The highest BCUT2D eigenvalue weighted by molar-refractivity contribution is 5.79. The van der Waals surface area contributed by atoms with Gasteiger partial charge in [0, 0.05) is 25.6 Å². The fourth-order valence-electron chi connectivity index (χ4n) is 4.49. The lowest BCUT2D eigenvalue weighted by Gasteiger charge is -2.20. The summed E-state index contributed by atoms with van der Waals surface area (Å²) in [6.45, 7) is 3.65. The van der Waals surface area contributed by atoms with E-state index in [0.29, 0.717) is 25.5 Å². The van der Waals surface area contributed by atoms with Crippen LogP contribution in [0.5, 0.6) is 5.75 Å².